The third-order valence-corrected chi connectivity index (χ3v) is 6.44. The Bertz CT molecular complexity index is 867. The minimum absolute atomic E-state index is 0.289. The van der Waals surface area contributed by atoms with Gasteiger partial charge in [-0.1, -0.05) is 6.07 Å². The molecular formula is C21H31N7OS. The standard InChI is InChI=1S/C21H31N7OS/c29-20(26-9-4-1-5-10-26)16-24-12-14-25(15-13-24)18-28-21(30)27(17-23-28)11-7-19-6-2-3-8-22-19/h2-3,6,8,17H,1,4-5,7,9-16,18H2. The molecule has 2 saturated heterocycles. The van der Waals surface area contributed by atoms with E-state index in [1.165, 1.54) is 6.42 Å². The Kier molecular flexibility index (Phi) is 7.24. The number of piperazine rings is 1. The van der Waals surface area contributed by atoms with Crippen LogP contribution in [0.4, 0.5) is 0 Å². The van der Waals surface area contributed by atoms with Gasteiger partial charge in [0.15, 0.2) is 4.77 Å². The fourth-order valence-corrected chi connectivity index (χ4v) is 4.36. The molecule has 0 atom stereocenters. The van der Waals surface area contributed by atoms with E-state index in [2.05, 4.69) is 19.9 Å². The maximum Gasteiger partial charge on any atom is 0.236 e. The summed E-state index contributed by atoms with van der Waals surface area (Å²) in [4.78, 5) is 23.5. The van der Waals surface area contributed by atoms with Crippen LogP contribution in [0.3, 0.4) is 0 Å². The SMILES string of the molecule is O=C(CN1CCN(Cn2ncn(CCc3ccccn3)c2=S)CC1)N1CCCCC1. The van der Waals surface area contributed by atoms with Crippen molar-refractivity contribution in [2.45, 2.75) is 38.9 Å². The molecule has 4 heterocycles. The number of aromatic nitrogens is 4. The van der Waals surface area contributed by atoms with Gasteiger partial charge in [-0.2, -0.15) is 5.10 Å². The van der Waals surface area contributed by atoms with E-state index in [4.69, 9.17) is 12.2 Å². The Morgan fingerprint density at radius 1 is 1.00 bits per heavy atom. The monoisotopic (exact) mass is 429 g/mol. The van der Waals surface area contributed by atoms with E-state index in [0.717, 1.165) is 75.5 Å². The maximum atomic E-state index is 12.5. The van der Waals surface area contributed by atoms with Gasteiger partial charge in [0.05, 0.1) is 13.2 Å². The van der Waals surface area contributed by atoms with Crippen molar-refractivity contribution in [2.75, 3.05) is 45.8 Å². The van der Waals surface area contributed by atoms with E-state index in [9.17, 15) is 4.79 Å². The lowest BCUT2D eigenvalue weighted by molar-refractivity contribution is -0.133. The molecule has 0 radical (unpaired) electrons. The number of hydrogen-bond donors (Lipinski definition) is 0. The highest BCUT2D eigenvalue weighted by molar-refractivity contribution is 7.71. The number of pyridine rings is 1. The van der Waals surface area contributed by atoms with E-state index in [1.54, 1.807) is 0 Å². The molecule has 0 aromatic carbocycles. The van der Waals surface area contributed by atoms with Crippen molar-refractivity contribution in [2.24, 2.45) is 0 Å². The van der Waals surface area contributed by atoms with Gasteiger partial charge in [-0.25, -0.2) is 4.68 Å². The Morgan fingerprint density at radius 2 is 1.77 bits per heavy atom. The number of carbonyl (C=O) groups excluding carboxylic acids is 1. The molecule has 2 aromatic heterocycles. The maximum absolute atomic E-state index is 12.5. The molecule has 0 saturated carbocycles. The second-order valence-corrected chi connectivity index (χ2v) is 8.52. The fraction of sp³-hybridized carbons (Fsp3) is 0.619. The summed E-state index contributed by atoms with van der Waals surface area (Å²) in [5.74, 6) is 0.289. The first kappa shape index (κ1) is 21.1. The molecule has 0 bridgehead atoms. The van der Waals surface area contributed by atoms with Gasteiger partial charge in [0.1, 0.15) is 6.33 Å². The van der Waals surface area contributed by atoms with Crippen molar-refractivity contribution < 1.29 is 4.79 Å². The predicted octanol–water partition coefficient (Wildman–Crippen LogP) is 1.64. The summed E-state index contributed by atoms with van der Waals surface area (Å²) < 4.78 is 4.65. The highest BCUT2D eigenvalue weighted by Gasteiger charge is 2.23. The third kappa shape index (κ3) is 5.53. The van der Waals surface area contributed by atoms with Gasteiger partial charge in [0.2, 0.25) is 5.91 Å². The molecule has 2 aliphatic rings. The number of nitrogens with zero attached hydrogens (tertiary/aromatic N) is 7. The zero-order valence-corrected chi connectivity index (χ0v) is 18.3. The minimum atomic E-state index is 0.289. The van der Waals surface area contributed by atoms with Crippen LogP contribution in [0.15, 0.2) is 30.7 Å². The van der Waals surface area contributed by atoms with E-state index in [-0.39, 0.29) is 5.91 Å². The van der Waals surface area contributed by atoms with Crippen LogP contribution in [0, 0.1) is 4.77 Å². The number of amides is 1. The van der Waals surface area contributed by atoms with Crippen molar-refractivity contribution in [3.05, 3.63) is 41.2 Å². The lowest BCUT2D eigenvalue weighted by Gasteiger charge is -2.35. The molecule has 1 amide bonds. The summed E-state index contributed by atoms with van der Waals surface area (Å²) in [6.45, 7) is 7.56. The van der Waals surface area contributed by atoms with Gasteiger partial charge in [-0.15, -0.1) is 0 Å². The normalized spacial score (nSPS) is 18.6. The van der Waals surface area contributed by atoms with Gasteiger partial charge >= 0.3 is 0 Å². The smallest absolute Gasteiger partial charge is 0.236 e. The number of carbonyl (C=O) groups is 1. The molecule has 0 N–H and O–H groups in total. The van der Waals surface area contributed by atoms with Crippen molar-refractivity contribution in [1.82, 2.24) is 34.0 Å². The highest BCUT2D eigenvalue weighted by atomic mass is 32.1. The summed E-state index contributed by atoms with van der Waals surface area (Å²) in [6, 6.07) is 5.96. The lowest BCUT2D eigenvalue weighted by Crippen LogP contribution is -2.50. The largest absolute Gasteiger partial charge is 0.342 e. The Balaban J connectivity index is 1.22. The first-order valence-electron chi connectivity index (χ1n) is 10.9. The second kappa shape index (κ2) is 10.3. The third-order valence-electron chi connectivity index (χ3n) is 6.00. The Labute approximate surface area is 183 Å². The van der Waals surface area contributed by atoms with Crippen LogP contribution in [0.2, 0.25) is 0 Å². The number of aryl methyl sites for hydroxylation is 2. The molecule has 0 aliphatic carbocycles. The fourth-order valence-electron chi connectivity index (χ4n) is 4.12. The summed E-state index contributed by atoms with van der Waals surface area (Å²) >= 11 is 5.62. The molecule has 0 spiro atoms. The van der Waals surface area contributed by atoms with Crippen molar-refractivity contribution in [1.29, 1.82) is 0 Å². The van der Waals surface area contributed by atoms with Crippen LogP contribution in [0.1, 0.15) is 25.0 Å². The number of piperidine rings is 1. The summed E-state index contributed by atoms with van der Waals surface area (Å²) in [5.41, 5.74) is 1.06. The molecule has 9 heteroatoms. The first-order chi connectivity index (χ1) is 14.7. The van der Waals surface area contributed by atoms with Crippen LogP contribution < -0.4 is 0 Å². The van der Waals surface area contributed by atoms with Gasteiger partial charge in [0, 0.05) is 64.1 Å². The molecule has 30 heavy (non-hydrogen) atoms. The van der Waals surface area contributed by atoms with Crippen LogP contribution in [0.5, 0.6) is 0 Å². The molecule has 2 fully saturated rings. The second-order valence-electron chi connectivity index (χ2n) is 8.15. The van der Waals surface area contributed by atoms with Crippen LogP contribution in [-0.4, -0.2) is 85.8 Å². The van der Waals surface area contributed by atoms with Crippen LogP contribution >= 0.6 is 12.2 Å². The van der Waals surface area contributed by atoms with Gasteiger partial charge in [-0.05, 0) is 43.6 Å². The van der Waals surface area contributed by atoms with E-state index < -0.39 is 0 Å². The van der Waals surface area contributed by atoms with E-state index in [1.807, 2.05) is 44.9 Å². The average molecular weight is 430 g/mol. The van der Waals surface area contributed by atoms with Crippen molar-refractivity contribution >= 4 is 18.1 Å². The highest BCUT2D eigenvalue weighted by Crippen LogP contribution is 2.10. The zero-order chi connectivity index (χ0) is 20.8. The molecule has 8 nitrogen and oxygen atoms in total. The topological polar surface area (TPSA) is 62.4 Å². The summed E-state index contributed by atoms with van der Waals surface area (Å²) in [5, 5.41) is 4.49. The van der Waals surface area contributed by atoms with Gasteiger partial charge in [-0.3, -0.25) is 19.6 Å². The molecular weight excluding hydrogens is 398 g/mol. The lowest BCUT2D eigenvalue weighted by atomic mass is 10.1. The average Bonchev–Trinajstić information content (AvgIpc) is 3.14. The van der Waals surface area contributed by atoms with E-state index in [0.29, 0.717) is 13.2 Å². The molecule has 2 aromatic rings. The molecule has 0 unspecified atom stereocenters. The van der Waals surface area contributed by atoms with E-state index >= 15 is 0 Å². The quantitative estimate of drug-likeness (QED) is 0.624. The molecule has 2 aliphatic heterocycles. The summed E-state index contributed by atoms with van der Waals surface area (Å²) in [7, 11) is 0. The molecule has 4 rings (SSSR count). The predicted molar refractivity (Wildman–Crippen MR) is 117 cm³/mol. The number of rotatable bonds is 7. The zero-order valence-electron chi connectivity index (χ0n) is 17.5. The van der Waals surface area contributed by atoms with Gasteiger partial charge in [0.25, 0.3) is 0 Å². The minimum Gasteiger partial charge on any atom is -0.342 e. The van der Waals surface area contributed by atoms with Crippen molar-refractivity contribution in [3.8, 4) is 0 Å². The first-order valence-corrected chi connectivity index (χ1v) is 11.3. The molecule has 162 valence electrons. The van der Waals surface area contributed by atoms with Crippen molar-refractivity contribution in [3.63, 3.8) is 0 Å². The Hall–Kier alpha value is -2.10. The number of hydrogen-bond acceptors (Lipinski definition) is 6. The summed E-state index contributed by atoms with van der Waals surface area (Å²) in [6.07, 6.45) is 8.02. The van der Waals surface area contributed by atoms with Gasteiger partial charge < -0.3 is 9.47 Å². The Morgan fingerprint density at radius 3 is 2.50 bits per heavy atom. The number of likely N-dealkylation sites (tertiary alicyclic amines) is 1. The van der Waals surface area contributed by atoms with Crippen LogP contribution in [0.25, 0.3) is 0 Å². The van der Waals surface area contributed by atoms with Crippen LogP contribution in [-0.2, 0) is 24.4 Å².